The Kier molecular flexibility index (Phi) is 4.67. The third kappa shape index (κ3) is 3.49. The molecule has 0 N–H and O–H groups in total. The van der Waals surface area contributed by atoms with Crippen molar-refractivity contribution in [3.8, 4) is 0 Å². The van der Waals surface area contributed by atoms with E-state index in [9.17, 15) is 8.42 Å². The summed E-state index contributed by atoms with van der Waals surface area (Å²) < 4.78 is 27.8. The molecule has 4 heteroatoms. The number of benzene rings is 3. The summed E-state index contributed by atoms with van der Waals surface area (Å²) in [5.41, 5.74) is 2.72. The van der Waals surface area contributed by atoms with Gasteiger partial charge in [0.1, 0.15) is 0 Å². The molecule has 0 fully saturated rings. The van der Waals surface area contributed by atoms with Crippen molar-refractivity contribution < 1.29 is 8.42 Å². The number of hydrogen-bond acceptors (Lipinski definition) is 2. The number of nitrogens with zero attached hydrogens (tertiary/aromatic N) is 1. The monoisotopic (exact) mass is 337 g/mol. The van der Waals surface area contributed by atoms with E-state index in [1.165, 1.54) is 4.31 Å². The summed E-state index contributed by atoms with van der Waals surface area (Å²) in [4.78, 5) is 0.293. The van der Waals surface area contributed by atoms with Crippen molar-refractivity contribution in [3.63, 3.8) is 0 Å². The van der Waals surface area contributed by atoms with Gasteiger partial charge in [0.05, 0.1) is 17.1 Å². The molecule has 3 aromatic carbocycles. The summed E-state index contributed by atoms with van der Waals surface area (Å²) in [6.07, 6.45) is 0. The van der Waals surface area contributed by atoms with Crippen LogP contribution < -0.4 is 4.31 Å². The highest BCUT2D eigenvalue weighted by Crippen LogP contribution is 2.25. The molecule has 0 atom stereocenters. The Bertz CT molecular complexity index is 907. The zero-order valence-corrected chi connectivity index (χ0v) is 14.3. The fourth-order valence-corrected chi connectivity index (χ4v) is 4.08. The lowest BCUT2D eigenvalue weighted by Gasteiger charge is -2.25. The maximum Gasteiger partial charge on any atom is 0.264 e. The van der Waals surface area contributed by atoms with Crippen LogP contribution in [0, 0.1) is 6.92 Å². The molecular formula is C20H19NO2S. The fourth-order valence-electron chi connectivity index (χ4n) is 2.61. The maximum absolute atomic E-state index is 13.1. The Balaban J connectivity index is 2.06. The largest absolute Gasteiger partial charge is 0.264 e. The van der Waals surface area contributed by atoms with Gasteiger partial charge in [-0.1, -0.05) is 66.2 Å². The predicted octanol–water partition coefficient (Wildman–Crippen LogP) is 4.39. The zero-order chi connectivity index (χ0) is 17.0. The van der Waals surface area contributed by atoms with E-state index in [0.717, 1.165) is 11.1 Å². The highest BCUT2D eigenvalue weighted by Gasteiger charge is 2.24. The topological polar surface area (TPSA) is 37.4 Å². The number of anilines is 1. The molecular weight excluding hydrogens is 318 g/mol. The maximum atomic E-state index is 13.1. The van der Waals surface area contributed by atoms with Crippen LogP contribution in [0.1, 0.15) is 11.1 Å². The normalized spacial score (nSPS) is 11.2. The fraction of sp³-hybridized carbons (Fsp3) is 0.100. The molecule has 0 aliphatic rings. The minimum atomic E-state index is -3.63. The van der Waals surface area contributed by atoms with Gasteiger partial charge in [0.15, 0.2) is 0 Å². The van der Waals surface area contributed by atoms with Crippen LogP contribution in [0.25, 0.3) is 0 Å². The summed E-state index contributed by atoms with van der Waals surface area (Å²) >= 11 is 0. The van der Waals surface area contributed by atoms with Gasteiger partial charge in [-0.2, -0.15) is 0 Å². The molecule has 122 valence electrons. The molecule has 0 saturated heterocycles. The zero-order valence-electron chi connectivity index (χ0n) is 13.5. The minimum Gasteiger partial charge on any atom is -0.262 e. The second-order valence-electron chi connectivity index (χ2n) is 5.65. The van der Waals surface area contributed by atoms with E-state index in [4.69, 9.17) is 0 Å². The van der Waals surface area contributed by atoms with E-state index in [1.807, 2.05) is 67.6 Å². The number of hydrogen-bond donors (Lipinski definition) is 0. The Morgan fingerprint density at radius 1 is 0.792 bits per heavy atom. The average molecular weight is 337 g/mol. The molecule has 0 spiro atoms. The summed E-state index contributed by atoms with van der Waals surface area (Å²) in [5.74, 6) is 0. The lowest BCUT2D eigenvalue weighted by molar-refractivity contribution is 0.590. The van der Waals surface area contributed by atoms with Crippen LogP contribution in [0.3, 0.4) is 0 Å². The molecule has 0 bridgehead atoms. The van der Waals surface area contributed by atoms with Crippen LogP contribution in [-0.4, -0.2) is 8.42 Å². The molecule has 0 heterocycles. The van der Waals surface area contributed by atoms with Crippen LogP contribution in [0.4, 0.5) is 5.69 Å². The van der Waals surface area contributed by atoms with Crippen molar-refractivity contribution >= 4 is 15.7 Å². The first-order chi connectivity index (χ1) is 11.6. The van der Waals surface area contributed by atoms with Crippen molar-refractivity contribution in [1.29, 1.82) is 0 Å². The summed E-state index contributed by atoms with van der Waals surface area (Å²) in [6.45, 7) is 2.30. The number of sulfonamides is 1. The molecule has 24 heavy (non-hydrogen) atoms. The molecule has 0 unspecified atom stereocenters. The molecule has 0 aromatic heterocycles. The first-order valence-electron chi connectivity index (χ1n) is 7.76. The van der Waals surface area contributed by atoms with Gasteiger partial charge in [-0.25, -0.2) is 8.42 Å². The lowest BCUT2D eigenvalue weighted by Crippen LogP contribution is -2.30. The average Bonchev–Trinajstić information content (AvgIpc) is 2.61. The van der Waals surface area contributed by atoms with E-state index < -0.39 is 10.0 Å². The summed E-state index contributed by atoms with van der Waals surface area (Å²) in [6, 6.07) is 25.7. The van der Waals surface area contributed by atoms with Crippen molar-refractivity contribution in [1.82, 2.24) is 0 Å². The number of rotatable bonds is 5. The summed E-state index contributed by atoms with van der Waals surface area (Å²) in [7, 11) is -3.63. The highest BCUT2D eigenvalue weighted by atomic mass is 32.2. The van der Waals surface area contributed by atoms with Crippen LogP contribution >= 0.6 is 0 Å². The SMILES string of the molecule is Cc1cccc(CN(c2ccccc2)S(=O)(=O)c2ccccc2)c1. The van der Waals surface area contributed by atoms with Gasteiger partial charge in [0, 0.05) is 0 Å². The van der Waals surface area contributed by atoms with E-state index in [-0.39, 0.29) is 0 Å². The van der Waals surface area contributed by atoms with Crippen LogP contribution in [0.15, 0.2) is 89.8 Å². The third-order valence-electron chi connectivity index (χ3n) is 3.78. The Morgan fingerprint density at radius 3 is 2.04 bits per heavy atom. The molecule has 3 nitrogen and oxygen atoms in total. The van der Waals surface area contributed by atoms with E-state index in [0.29, 0.717) is 17.1 Å². The molecule has 3 rings (SSSR count). The molecule has 0 aliphatic heterocycles. The second-order valence-corrected chi connectivity index (χ2v) is 7.51. The van der Waals surface area contributed by atoms with Crippen LogP contribution in [0.5, 0.6) is 0 Å². The lowest BCUT2D eigenvalue weighted by atomic mass is 10.1. The minimum absolute atomic E-state index is 0.293. The molecule has 0 amide bonds. The number of aryl methyl sites for hydroxylation is 1. The summed E-state index contributed by atoms with van der Waals surface area (Å²) in [5, 5.41) is 0. The first kappa shape index (κ1) is 16.3. The van der Waals surface area contributed by atoms with Crippen LogP contribution in [-0.2, 0) is 16.6 Å². The Morgan fingerprint density at radius 2 is 1.42 bits per heavy atom. The highest BCUT2D eigenvalue weighted by molar-refractivity contribution is 7.92. The van der Waals surface area contributed by atoms with Crippen molar-refractivity contribution in [2.75, 3.05) is 4.31 Å². The smallest absolute Gasteiger partial charge is 0.262 e. The Labute approximate surface area is 143 Å². The predicted molar refractivity (Wildman–Crippen MR) is 97.4 cm³/mol. The van der Waals surface area contributed by atoms with Gasteiger partial charge >= 0.3 is 0 Å². The molecule has 0 aliphatic carbocycles. The van der Waals surface area contributed by atoms with Crippen molar-refractivity contribution in [3.05, 3.63) is 96.1 Å². The third-order valence-corrected chi connectivity index (χ3v) is 5.57. The van der Waals surface area contributed by atoms with Gasteiger partial charge in [0.25, 0.3) is 10.0 Å². The van der Waals surface area contributed by atoms with Gasteiger partial charge in [-0.15, -0.1) is 0 Å². The number of para-hydroxylation sites is 1. The van der Waals surface area contributed by atoms with Gasteiger partial charge in [0.2, 0.25) is 0 Å². The van der Waals surface area contributed by atoms with E-state index in [2.05, 4.69) is 0 Å². The van der Waals surface area contributed by atoms with E-state index >= 15 is 0 Å². The van der Waals surface area contributed by atoms with E-state index in [1.54, 1.807) is 24.3 Å². The van der Waals surface area contributed by atoms with Gasteiger partial charge in [-0.3, -0.25) is 4.31 Å². The van der Waals surface area contributed by atoms with Crippen molar-refractivity contribution in [2.45, 2.75) is 18.4 Å². The first-order valence-corrected chi connectivity index (χ1v) is 9.20. The molecule has 0 radical (unpaired) electrons. The van der Waals surface area contributed by atoms with Crippen LogP contribution in [0.2, 0.25) is 0 Å². The second kappa shape index (κ2) is 6.89. The van der Waals surface area contributed by atoms with Crippen molar-refractivity contribution in [2.24, 2.45) is 0 Å². The Hall–Kier alpha value is -2.59. The van der Waals surface area contributed by atoms with Gasteiger partial charge in [-0.05, 0) is 36.8 Å². The molecule has 0 saturated carbocycles. The molecule has 3 aromatic rings. The standard InChI is InChI=1S/C20H19NO2S/c1-17-9-8-10-18(15-17)16-21(19-11-4-2-5-12-19)24(22,23)20-13-6-3-7-14-20/h2-15H,16H2,1H3. The van der Waals surface area contributed by atoms with Gasteiger partial charge < -0.3 is 0 Å². The quantitative estimate of drug-likeness (QED) is 0.692.